The van der Waals surface area contributed by atoms with Crippen LogP contribution in [-0.4, -0.2) is 44.6 Å². The number of hydrogen-bond acceptors (Lipinski definition) is 2. The molecule has 36 heavy (non-hydrogen) atoms. The second-order valence-electron chi connectivity index (χ2n) is 11.7. The molecule has 0 saturated heterocycles. The van der Waals surface area contributed by atoms with Crippen LogP contribution >= 0.6 is 65.8 Å². The first-order valence-electron chi connectivity index (χ1n) is 12.3. The smallest absolute Gasteiger partial charge is 0.396 e. The number of rotatable bonds is 6. The highest BCUT2D eigenvalue weighted by molar-refractivity contribution is 7.54. The summed E-state index contributed by atoms with van der Waals surface area (Å²) in [5, 5.41) is 17.4. The monoisotopic (exact) mass is 642 g/mol. The summed E-state index contributed by atoms with van der Waals surface area (Å²) in [5.74, 6) is 0.718. The third-order valence-electron chi connectivity index (χ3n) is 5.86. The topological polar surface area (TPSA) is 40.5 Å². The maximum Gasteiger partial charge on any atom is 0.643 e. The van der Waals surface area contributed by atoms with Crippen molar-refractivity contribution in [3.05, 3.63) is 34.9 Å². The van der Waals surface area contributed by atoms with Crippen molar-refractivity contribution in [3.8, 4) is 0 Å². The van der Waals surface area contributed by atoms with Gasteiger partial charge in [0.2, 0.25) is 0 Å². The predicted molar refractivity (Wildman–Crippen MR) is 170 cm³/mol. The molecule has 2 rings (SSSR count). The fourth-order valence-electron chi connectivity index (χ4n) is 3.70. The van der Waals surface area contributed by atoms with Crippen LogP contribution < -0.4 is 0 Å². The molecule has 214 valence electrons. The molecule has 0 bridgehead atoms. The summed E-state index contributed by atoms with van der Waals surface area (Å²) in [7, 11) is 14.8. The van der Waals surface area contributed by atoms with Gasteiger partial charge in [-0.05, 0) is 95.1 Å². The highest BCUT2D eigenvalue weighted by Crippen LogP contribution is 2.45. The van der Waals surface area contributed by atoms with E-state index < -0.39 is 17.0 Å². The lowest BCUT2D eigenvalue weighted by Gasteiger charge is -2.42. The predicted octanol–water partition coefficient (Wildman–Crippen LogP) is 10.0. The average Bonchev–Trinajstić information content (AvgIpc) is 2.68. The molecule has 0 saturated carbocycles. The molecular weight excluding hydrogens is 596 g/mol. The van der Waals surface area contributed by atoms with Gasteiger partial charge in [0.25, 0.3) is 0 Å². The molecule has 0 aliphatic heterocycles. The Morgan fingerprint density at radius 3 is 1.64 bits per heavy atom. The molecular formula is C27H49AlCl6O2. The van der Waals surface area contributed by atoms with Gasteiger partial charge in [-0.15, -0.1) is 35.6 Å². The SMILES string of the molecule is CC(C)(Cl)CCCCl.CC(C)(O)CCCO.Cc1ccc2c(c1)C(C)(C)CCC2(C)C.Cl.[Cl][Al]([Cl])[Cl]. The van der Waals surface area contributed by atoms with Gasteiger partial charge in [0, 0.05) is 17.4 Å². The Labute approximate surface area is 255 Å². The molecule has 1 aliphatic carbocycles. The maximum atomic E-state index is 9.04. The van der Waals surface area contributed by atoms with Crippen LogP contribution in [0.3, 0.4) is 0 Å². The van der Waals surface area contributed by atoms with Crippen LogP contribution in [0.1, 0.15) is 111 Å². The highest BCUT2D eigenvalue weighted by atomic mass is 35.8. The van der Waals surface area contributed by atoms with Gasteiger partial charge in [0.1, 0.15) is 0 Å². The van der Waals surface area contributed by atoms with Gasteiger partial charge in [0.15, 0.2) is 0 Å². The van der Waals surface area contributed by atoms with Gasteiger partial charge in [-0.1, -0.05) is 51.5 Å². The molecule has 1 aromatic carbocycles. The zero-order chi connectivity index (χ0) is 28.1. The highest BCUT2D eigenvalue weighted by Gasteiger charge is 2.36. The molecule has 0 fully saturated rings. The molecule has 0 unspecified atom stereocenters. The van der Waals surface area contributed by atoms with E-state index >= 15 is 0 Å². The van der Waals surface area contributed by atoms with E-state index in [9.17, 15) is 0 Å². The molecule has 0 spiro atoms. The lowest BCUT2D eigenvalue weighted by molar-refractivity contribution is 0.0628. The quantitative estimate of drug-likeness (QED) is 0.239. The third-order valence-corrected chi connectivity index (χ3v) is 6.32. The number of hydrogen-bond donors (Lipinski definition) is 2. The van der Waals surface area contributed by atoms with Gasteiger partial charge >= 0.3 is 11.4 Å². The van der Waals surface area contributed by atoms with Crippen molar-refractivity contribution in [2.75, 3.05) is 12.5 Å². The van der Waals surface area contributed by atoms with Crippen molar-refractivity contribution in [1.82, 2.24) is 0 Å². The summed E-state index contributed by atoms with van der Waals surface area (Å²) in [5.41, 5.74) is 4.63. The molecule has 1 aromatic rings. The van der Waals surface area contributed by atoms with Crippen molar-refractivity contribution in [2.24, 2.45) is 0 Å². The lowest BCUT2D eigenvalue weighted by atomic mass is 9.63. The normalized spacial score (nSPS) is 15.3. The van der Waals surface area contributed by atoms with Gasteiger partial charge in [-0.2, -0.15) is 0 Å². The van der Waals surface area contributed by atoms with E-state index in [0.717, 1.165) is 18.7 Å². The summed E-state index contributed by atoms with van der Waals surface area (Å²) in [6.07, 6.45) is 5.97. The van der Waals surface area contributed by atoms with E-state index in [1.165, 1.54) is 18.4 Å². The molecule has 0 amide bonds. The van der Waals surface area contributed by atoms with Crippen LogP contribution in [0.2, 0.25) is 0 Å². The van der Waals surface area contributed by atoms with Crippen LogP contribution in [0.25, 0.3) is 0 Å². The summed E-state index contributed by atoms with van der Waals surface area (Å²) in [6, 6.07) is 6.98. The molecule has 0 radical (unpaired) electrons. The molecule has 2 nitrogen and oxygen atoms in total. The van der Waals surface area contributed by atoms with E-state index in [4.69, 9.17) is 63.6 Å². The van der Waals surface area contributed by atoms with Crippen molar-refractivity contribution in [1.29, 1.82) is 0 Å². The molecule has 0 atom stereocenters. The van der Waals surface area contributed by atoms with E-state index in [-0.39, 0.29) is 23.9 Å². The number of aryl methyl sites for hydroxylation is 1. The molecule has 0 aromatic heterocycles. The number of fused-ring (bicyclic) bond motifs is 1. The fraction of sp³-hybridized carbons (Fsp3) is 0.778. The molecule has 9 heteroatoms. The van der Waals surface area contributed by atoms with Crippen molar-refractivity contribution in [3.63, 3.8) is 0 Å². The average molecular weight is 645 g/mol. The maximum absolute atomic E-state index is 9.04. The van der Waals surface area contributed by atoms with Crippen molar-refractivity contribution < 1.29 is 10.2 Å². The van der Waals surface area contributed by atoms with E-state index in [1.54, 1.807) is 25.0 Å². The standard InChI is InChI=1S/C15H22.C6H12Cl2.C6H14O2.Al.4ClH/c1-11-6-7-12-13(10-11)15(4,5)9-8-14(12,2)3;2*1-6(2,8)4-3-5-7;;;;;/h6-7,10H,8-9H2,1-5H3;3-5H2,1-2H3;7-8H,3-5H2,1-2H3;;4*1H/q;;;+3;;;;/p-3. The van der Waals surface area contributed by atoms with Crippen LogP contribution in [0, 0.1) is 6.92 Å². The Hall–Kier alpha value is 1.41. The first-order chi connectivity index (χ1) is 15.7. The number of halogens is 6. The second-order valence-corrected chi connectivity index (χ2v) is 19.5. The Morgan fingerprint density at radius 1 is 0.889 bits per heavy atom. The van der Waals surface area contributed by atoms with E-state index in [2.05, 4.69) is 52.8 Å². The minimum Gasteiger partial charge on any atom is -0.396 e. The first kappa shape index (κ1) is 41.9. The minimum atomic E-state index is -1.72. The lowest BCUT2D eigenvalue weighted by Crippen LogP contribution is -2.33. The molecule has 0 heterocycles. The van der Waals surface area contributed by atoms with E-state index in [0.29, 0.717) is 23.7 Å². The zero-order valence-corrected chi connectivity index (χ0v) is 29.4. The van der Waals surface area contributed by atoms with Gasteiger partial charge in [-0.25, -0.2) is 30.1 Å². The minimum absolute atomic E-state index is 0. The van der Waals surface area contributed by atoms with Crippen LogP contribution in [0.5, 0.6) is 0 Å². The summed E-state index contributed by atoms with van der Waals surface area (Å²) in [4.78, 5) is -0.0606. The molecule has 2 N–H and O–H groups in total. The largest absolute Gasteiger partial charge is 0.643 e. The summed E-state index contributed by atoms with van der Waals surface area (Å²) >= 11 is 9.58. The zero-order valence-electron chi connectivity index (χ0n) is 23.7. The second kappa shape index (κ2) is 19.5. The fourth-order valence-corrected chi connectivity index (χ4v) is 3.97. The van der Waals surface area contributed by atoms with Crippen LogP contribution in [0.15, 0.2) is 18.2 Å². The summed E-state index contributed by atoms with van der Waals surface area (Å²) < 4.78 is 0. The third kappa shape index (κ3) is 22.3. The molecule has 1 aliphatic rings. The van der Waals surface area contributed by atoms with E-state index in [1.807, 2.05) is 13.8 Å². The number of aliphatic hydroxyl groups excluding tert-OH is 1. The number of benzene rings is 1. The Morgan fingerprint density at radius 2 is 1.33 bits per heavy atom. The van der Waals surface area contributed by atoms with Crippen molar-refractivity contribution >= 4 is 77.1 Å². The first-order valence-corrected chi connectivity index (χ1v) is 18.5. The van der Waals surface area contributed by atoms with Crippen molar-refractivity contribution in [2.45, 2.75) is 122 Å². The van der Waals surface area contributed by atoms with Gasteiger partial charge in [0.05, 0.1) is 5.60 Å². The summed E-state index contributed by atoms with van der Waals surface area (Å²) in [6.45, 7) is 19.3. The number of alkyl halides is 2. The van der Waals surface area contributed by atoms with Crippen LogP contribution in [-0.2, 0) is 10.8 Å². The Bertz CT molecular complexity index is 678. The number of aliphatic hydroxyl groups is 2. The Balaban J connectivity index is -0.000000447. The van der Waals surface area contributed by atoms with Gasteiger partial charge in [-0.3, -0.25) is 0 Å². The van der Waals surface area contributed by atoms with Gasteiger partial charge < -0.3 is 10.2 Å². The van der Waals surface area contributed by atoms with Crippen LogP contribution in [0.4, 0.5) is 0 Å². The Kier molecular flexibility index (Phi) is 22.7.